The number of halogens is 2. The van der Waals surface area contributed by atoms with Crippen LogP contribution in [0.3, 0.4) is 0 Å². The average Bonchev–Trinajstić information content (AvgIpc) is 3.85. The van der Waals surface area contributed by atoms with Gasteiger partial charge in [-0.25, -0.2) is 14.2 Å². The van der Waals surface area contributed by atoms with Crippen molar-refractivity contribution in [2.45, 2.75) is 26.4 Å². The van der Waals surface area contributed by atoms with Crippen LogP contribution in [-0.2, 0) is 4.74 Å². The lowest BCUT2D eigenvalue weighted by Gasteiger charge is -2.37. The molecule has 0 spiro atoms. The molecule has 1 saturated heterocycles. The van der Waals surface area contributed by atoms with Crippen molar-refractivity contribution >= 4 is 50.6 Å². The third-order valence-corrected chi connectivity index (χ3v) is 8.35. The molecule has 1 aliphatic heterocycles. The summed E-state index contributed by atoms with van der Waals surface area (Å²) in [6, 6.07) is 4.27. The molecule has 0 atom stereocenters. The number of carbonyl (C=O) groups is 2. The van der Waals surface area contributed by atoms with Crippen LogP contribution in [0.15, 0.2) is 299 Å². The minimum Gasteiger partial charge on any atom is -0.444 e. The van der Waals surface area contributed by atoms with E-state index in [9.17, 15) is 14.0 Å². The normalized spacial score (nSPS) is 8.01. The topological polar surface area (TPSA) is 74.8 Å². The number of ether oxygens (including phenoxy) is 1. The van der Waals surface area contributed by atoms with Gasteiger partial charge in [-0.3, -0.25) is 4.79 Å². The number of hydrogen-bond acceptors (Lipinski definition) is 6. The van der Waals surface area contributed by atoms with Gasteiger partial charge in [0.05, 0.1) is 11.4 Å². The van der Waals surface area contributed by atoms with E-state index in [1.165, 1.54) is 23.5 Å². The van der Waals surface area contributed by atoms with Gasteiger partial charge in [-0.2, -0.15) is 0 Å². The van der Waals surface area contributed by atoms with E-state index in [4.69, 9.17) is 4.74 Å². The van der Waals surface area contributed by atoms with Crippen LogP contribution >= 0.6 is 27.3 Å². The van der Waals surface area contributed by atoms with Gasteiger partial charge >= 0.3 is 6.09 Å². The molecule has 348 valence electrons. The maximum Gasteiger partial charge on any atom is 0.410 e. The molecule has 1 aromatic carbocycles. The Balaban J connectivity index is 0.000000576. The van der Waals surface area contributed by atoms with Crippen LogP contribution < -0.4 is 10.2 Å². The Bertz CT molecular complexity index is 4360. The fraction of sp³-hybridized carbons (Fsp3) is 0.121. The van der Waals surface area contributed by atoms with Crippen LogP contribution in [0.2, 0.25) is 0 Å². The summed E-state index contributed by atoms with van der Waals surface area (Å²) in [5.74, 6) is -0.859. The highest BCUT2D eigenvalue weighted by molar-refractivity contribution is 9.11. The fourth-order valence-corrected chi connectivity index (χ4v) is 5.24. The first-order valence-corrected chi connectivity index (χ1v) is 22.5. The molecule has 1 aliphatic rings. The zero-order valence-corrected chi connectivity index (χ0v) is 42.7. The van der Waals surface area contributed by atoms with Crippen molar-refractivity contribution in [2.24, 2.45) is 0 Å². The predicted octanol–water partition coefficient (Wildman–Crippen LogP) is 12.1. The first kappa shape index (κ1) is 59.8. The first-order valence-electron chi connectivity index (χ1n) is 20.8. The Morgan fingerprint density at radius 2 is 0.842 bits per heavy atom. The van der Waals surface area contributed by atoms with E-state index >= 15 is 0 Å². The van der Waals surface area contributed by atoms with Crippen LogP contribution in [0.5, 0.6) is 0 Å². The van der Waals surface area contributed by atoms with Crippen molar-refractivity contribution in [3.05, 3.63) is 310 Å². The van der Waals surface area contributed by atoms with E-state index < -0.39 is 17.3 Å². The minimum absolute atomic E-state index is 0.256. The van der Waals surface area contributed by atoms with Gasteiger partial charge in [-0.1, -0.05) is 11.5 Å². The number of thiazole rings is 1. The highest BCUT2D eigenvalue weighted by Gasteiger charge is 2.27. The van der Waals surface area contributed by atoms with Gasteiger partial charge in [-0.15, -0.1) is 11.3 Å². The van der Waals surface area contributed by atoms with E-state index in [1.807, 2.05) is 25.7 Å². The Hall–Kier alpha value is -12.4. The first-order chi connectivity index (χ1) is 37.0. The zero-order chi connectivity index (χ0) is 55.0. The smallest absolute Gasteiger partial charge is 0.410 e. The number of amides is 2. The number of benzene rings is 1. The number of nitrogens with zero attached hydrogens (tertiary/aromatic N) is 3. The van der Waals surface area contributed by atoms with Crippen molar-refractivity contribution in [1.82, 2.24) is 9.88 Å². The van der Waals surface area contributed by atoms with Crippen LogP contribution in [0.25, 0.3) is 0 Å². The van der Waals surface area contributed by atoms with Gasteiger partial charge < -0.3 is 19.9 Å². The van der Waals surface area contributed by atoms with E-state index in [0.717, 1.165) is 0 Å². The number of anilines is 2. The van der Waals surface area contributed by atoms with E-state index in [1.54, 1.807) is 16.3 Å². The minimum atomic E-state index is -0.548. The monoisotopic (exact) mass is 1050 g/mol. The summed E-state index contributed by atoms with van der Waals surface area (Å²) in [7, 11) is 0. The van der Waals surface area contributed by atoms with E-state index in [0.29, 0.717) is 41.5 Å². The van der Waals surface area contributed by atoms with Gasteiger partial charge in [-0.05, 0) is 160 Å². The second-order valence-corrected chi connectivity index (χ2v) is 15.4. The van der Waals surface area contributed by atoms with Crippen molar-refractivity contribution < 1.29 is 18.7 Å². The molecule has 2 aromatic rings. The van der Waals surface area contributed by atoms with Crippen LogP contribution in [0.1, 0.15) is 31.3 Å². The molecular weight excluding hydrogens is 1030 g/mol. The lowest BCUT2D eigenvalue weighted by molar-refractivity contribution is 0.0240. The van der Waals surface area contributed by atoms with Gasteiger partial charge in [0, 0.05) is 186 Å². The van der Waals surface area contributed by atoms with E-state index in [2.05, 4.69) is 297 Å². The molecule has 0 saturated carbocycles. The Morgan fingerprint density at radius 1 is 0.539 bits per heavy atom. The molecule has 0 unspecified atom stereocenters. The van der Waals surface area contributed by atoms with Gasteiger partial charge in [0.2, 0.25) is 0 Å². The van der Waals surface area contributed by atoms with Crippen LogP contribution in [0, 0.1) is 5.82 Å². The summed E-state index contributed by atoms with van der Waals surface area (Å²) < 4.78 is 19.8. The molecule has 2 amide bonds. The average molecular weight is 1050 g/mol. The van der Waals surface area contributed by atoms with Crippen molar-refractivity contribution in [2.75, 3.05) is 36.4 Å². The second kappa shape index (κ2) is 39.5. The molecule has 0 radical (unpaired) electrons. The number of nitrogens with one attached hydrogen (secondary N) is 1. The molecule has 10 heteroatoms. The van der Waals surface area contributed by atoms with Crippen molar-refractivity contribution in [3.63, 3.8) is 0 Å². The molecule has 3 rings (SSSR count). The van der Waals surface area contributed by atoms with Gasteiger partial charge in [0.1, 0.15) is 17.1 Å². The SMILES string of the molecule is C=C=C=C=C=C=C=C=C=C=C=C=C=C=C=C=C=C=C=C=C=C=C=C=C=C=C=C=C=C=C=C=C=C=C=C=C=C=C=C=C=C=C=C=C=C=C.CC(C)(C)OC(=O)N1CCN(c2ccc(F)cc2NC(=O)c2csc(Br)n2)CC1. The summed E-state index contributed by atoms with van der Waals surface area (Å²) in [6.45, 7) is 14.1. The lowest BCUT2D eigenvalue weighted by Crippen LogP contribution is -2.50. The summed E-state index contributed by atoms with van der Waals surface area (Å²) in [4.78, 5) is 32.4. The quantitative estimate of drug-likeness (QED) is 0.310. The summed E-state index contributed by atoms with van der Waals surface area (Å²) in [5.41, 5.74) is 113. The Labute approximate surface area is 449 Å². The highest BCUT2D eigenvalue weighted by atomic mass is 79.9. The van der Waals surface area contributed by atoms with Gasteiger partial charge in [0.25, 0.3) is 5.91 Å². The number of aromatic nitrogens is 1. The van der Waals surface area contributed by atoms with Gasteiger partial charge in [0.15, 0.2) is 3.92 Å². The fourth-order valence-electron chi connectivity index (χ4n) is 4.25. The number of rotatable bonds is 3. The van der Waals surface area contributed by atoms with Crippen LogP contribution in [-0.4, -0.2) is 53.7 Å². The highest BCUT2D eigenvalue weighted by Crippen LogP contribution is 2.29. The maximum absolute atomic E-state index is 13.8. The molecule has 1 aromatic heterocycles. The third-order valence-electron chi connectivity index (χ3n) is 6.99. The summed E-state index contributed by atoms with van der Waals surface area (Å²) >= 11 is 4.52. The lowest BCUT2D eigenvalue weighted by atomic mass is 10.2. The molecule has 2 heterocycles. The molecule has 1 N–H and O–H groups in total. The summed E-state index contributed by atoms with van der Waals surface area (Å²) in [5, 5.41) is 4.36. The number of carbonyl (C=O) groups excluding carboxylic acids is 2. The molecule has 0 bridgehead atoms. The largest absolute Gasteiger partial charge is 0.444 e. The molecule has 7 nitrogen and oxygen atoms in total. The Kier molecular flexibility index (Phi) is 31.0. The van der Waals surface area contributed by atoms with E-state index in [-0.39, 0.29) is 11.8 Å². The standard InChI is InChI=1S/C47H4.C19H22BrFN4O3S/c1-3-5-7-9-11-13-15-17-19-21-23-25-27-29-31-33-35-37-39-41-43-45-47-46-44-42-40-38-36-34-32-30-28-26-24-22-20-18-16-14-12-10-8-6-4-2;1-19(2,3)28-18(27)25-8-6-24(7-9-25)15-5-4-12(21)10-13(15)22-16(26)14-11-29-17(20)23-14/h1-2H2;4-5,10-11H,6-9H2,1-3H3,(H,22,26). The van der Waals surface area contributed by atoms with Crippen molar-refractivity contribution in [3.8, 4) is 0 Å². The summed E-state index contributed by atoms with van der Waals surface area (Å²) in [6.07, 6.45) is -0.348. The van der Waals surface area contributed by atoms with Crippen LogP contribution in [0.4, 0.5) is 20.6 Å². The number of hydrogen-bond donors (Lipinski definition) is 1. The number of piperazine rings is 1. The molecular formula is C66H26BrFN4O3S. The molecule has 1 fully saturated rings. The third kappa shape index (κ3) is 31.6. The predicted molar refractivity (Wildman–Crippen MR) is 284 cm³/mol. The van der Waals surface area contributed by atoms with Crippen molar-refractivity contribution in [1.29, 1.82) is 0 Å². The molecule has 76 heavy (non-hydrogen) atoms. The Morgan fingerprint density at radius 3 is 1.11 bits per heavy atom. The molecule has 0 aliphatic carbocycles. The zero-order valence-electron chi connectivity index (χ0n) is 40.3. The maximum atomic E-state index is 13.8. The second-order valence-electron chi connectivity index (χ2n) is 13.3.